The van der Waals surface area contributed by atoms with E-state index in [0.29, 0.717) is 23.6 Å². The molecule has 7 atom stereocenters. The Bertz CT molecular complexity index is 1130. The average Bonchev–Trinajstić information content (AvgIpc) is 3.16. The molecule has 1 aromatic heterocycles. The van der Waals surface area contributed by atoms with Crippen LogP contribution in [0.4, 0.5) is 5.95 Å². The number of nitrogens with zero attached hydrogens (tertiary/aromatic N) is 2. The first-order valence-corrected chi connectivity index (χ1v) is 13.7. The van der Waals surface area contributed by atoms with Gasteiger partial charge in [0.2, 0.25) is 5.95 Å². The largest absolute Gasteiger partial charge is 0.376 e. The van der Waals surface area contributed by atoms with Gasteiger partial charge in [0, 0.05) is 11.6 Å². The van der Waals surface area contributed by atoms with Gasteiger partial charge in [-0.05, 0) is 123 Å². The fourth-order valence-corrected chi connectivity index (χ4v) is 8.96. The molecular weight excluding hydrogens is 418 g/mol. The zero-order valence-electron chi connectivity index (χ0n) is 21.4. The number of anilines is 1. The molecule has 0 saturated heterocycles. The number of allylic oxidation sites excluding steroid dienone is 2. The standard InChI is InChI=1S/C30H41N3O/c1-18(2)34-22-11-13-29(3)21(16-22)6-7-23-25-9-8-24(30(25,4)14-12-26(23)29)19-5-10-27-20(15-19)17-32-28(31)33-27/h5,8,10,15,17-18,21-23,25-26H,6-7,9,11-14,16H2,1-4H3,(H2,31,32,33)/t21-,22+,23-,25-,26-,29-,30+/m0/s1. The number of benzene rings is 1. The third-order valence-corrected chi connectivity index (χ3v) is 10.6. The predicted molar refractivity (Wildman–Crippen MR) is 139 cm³/mol. The molecule has 0 aliphatic heterocycles. The number of rotatable bonds is 3. The molecule has 3 saturated carbocycles. The lowest BCUT2D eigenvalue weighted by Gasteiger charge is -2.61. The molecule has 4 aliphatic carbocycles. The molecule has 4 heteroatoms. The highest BCUT2D eigenvalue weighted by Crippen LogP contribution is 2.67. The fraction of sp³-hybridized carbons (Fsp3) is 0.667. The summed E-state index contributed by atoms with van der Waals surface area (Å²) in [7, 11) is 0. The van der Waals surface area contributed by atoms with Gasteiger partial charge in [0.1, 0.15) is 0 Å². The highest BCUT2D eigenvalue weighted by molar-refractivity contribution is 5.85. The lowest BCUT2D eigenvalue weighted by atomic mass is 9.44. The highest BCUT2D eigenvalue weighted by Gasteiger charge is 2.58. The van der Waals surface area contributed by atoms with Crippen molar-refractivity contribution in [3.05, 3.63) is 36.0 Å². The van der Waals surface area contributed by atoms with Crippen LogP contribution in [-0.2, 0) is 4.74 Å². The SMILES string of the molecule is CC(C)O[C@@H]1CC[C@@]2(C)[C@@H](CC[C@@H]3[C@@H]2CC[C@]2(C)C(c4ccc5nc(N)ncc5c4)=CC[C@@H]32)C1. The number of hydrogen-bond acceptors (Lipinski definition) is 4. The Morgan fingerprint density at radius 2 is 1.91 bits per heavy atom. The third-order valence-electron chi connectivity index (χ3n) is 10.6. The Morgan fingerprint density at radius 3 is 2.74 bits per heavy atom. The maximum atomic E-state index is 6.28. The second-order valence-electron chi connectivity index (χ2n) is 12.5. The summed E-state index contributed by atoms with van der Waals surface area (Å²) in [6, 6.07) is 6.67. The van der Waals surface area contributed by atoms with E-state index in [-0.39, 0.29) is 5.41 Å². The molecule has 6 rings (SSSR count). The maximum absolute atomic E-state index is 6.28. The monoisotopic (exact) mass is 459 g/mol. The minimum Gasteiger partial charge on any atom is -0.376 e. The van der Waals surface area contributed by atoms with E-state index < -0.39 is 0 Å². The Balaban J connectivity index is 1.24. The van der Waals surface area contributed by atoms with Crippen molar-refractivity contribution < 1.29 is 4.74 Å². The van der Waals surface area contributed by atoms with Crippen LogP contribution in [0.5, 0.6) is 0 Å². The van der Waals surface area contributed by atoms with E-state index in [1.807, 2.05) is 6.20 Å². The van der Waals surface area contributed by atoms with Crippen molar-refractivity contribution in [1.82, 2.24) is 9.97 Å². The Kier molecular flexibility index (Phi) is 5.33. The van der Waals surface area contributed by atoms with Crippen molar-refractivity contribution in [2.45, 2.75) is 91.3 Å². The summed E-state index contributed by atoms with van der Waals surface area (Å²) in [5, 5.41) is 1.08. The van der Waals surface area contributed by atoms with Crippen LogP contribution in [0.15, 0.2) is 30.5 Å². The molecule has 4 aliphatic rings. The van der Waals surface area contributed by atoms with E-state index in [1.165, 1.54) is 56.9 Å². The van der Waals surface area contributed by atoms with Gasteiger partial charge in [-0.1, -0.05) is 26.0 Å². The molecule has 182 valence electrons. The molecule has 2 N–H and O–H groups in total. The normalized spacial score (nSPS) is 39.4. The smallest absolute Gasteiger partial charge is 0.220 e. The Morgan fingerprint density at radius 1 is 1.06 bits per heavy atom. The van der Waals surface area contributed by atoms with Crippen LogP contribution in [0.25, 0.3) is 16.5 Å². The Hall–Kier alpha value is -1.94. The number of hydrogen-bond donors (Lipinski definition) is 1. The molecule has 3 fully saturated rings. The van der Waals surface area contributed by atoms with Crippen molar-refractivity contribution in [1.29, 1.82) is 0 Å². The van der Waals surface area contributed by atoms with Crippen LogP contribution in [0.3, 0.4) is 0 Å². The van der Waals surface area contributed by atoms with Crippen LogP contribution in [-0.4, -0.2) is 22.2 Å². The van der Waals surface area contributed by atoms with Crippen molar-refractivity contribution in [2.24, 2.45) is 34.5 Å². The van der Waals surface area contributed by atoms with E-state index in [9.17, 15) is 0 Å². The van der Waals surface area contributed by atoms with Gasteiger partial charge in [0.25, 0.3) is 0 Å². The van der Waals surface area contributed by atoms with Crippen molar-refractivity contribution in [3.63, 3.8) is 0 Å². The molecule has 2 aromatic rings. The van der Waals surface area contributed by atoms with E-state index in [4.69, 9.17) is 10.5 Å². The van der Waals surface area contributed by atoms with Crippen molar-refractivity contribution in [3.8, 4) is 0 Å². The number of nitrogens with two attached hydrogens (primary N) is 1. The summed E-state index contributed by atoms with van der Waals surface area (Å²) in [6.07, 6.45) is 15.9. The summed E-state index contributed by atoms with van der Waals surface area (Å²) >= 11 is 0. The average molecular weight is 460 g/mol. The lowest BCUT2D eigenvalue weighted by molar-refractivity contribution is -0.132. The Labute approximate surface area is 204 Å². The van der Waals surface area contributed by atoms with Crippen LogP contribution >= 0.6 is 0 Å². The highest BCUT2D eigenvalue weighted by atomic mass is 16.5. The van der Waals surface area contributed by atoms with Gasteiger partial charge in [-0.15, -0.1) is 0 Å². The zero-order chi connectivity index (χ0) is 23.7. The predicted octanol–water partition coefficient (Wildman–Crippen LogP) is 7.04. The molecule has 1 heterocycles. The van der Waals surface area contributed by atoms with Gasteiger partial charge < -0.3 is 10.5 Å². The quantitative estimate of drug-likeness (QED) is 0.534. The summed E-state index contributed by atoms with van der Waals surface area (Å²) in [5.74, 6) is 3.71. The summed E-state index contributed by atoms with van der Waals surface area (Å²) in [4.78, 5) is 8.63. The number of fused-ring (bicyclic) bond motifs is 6. The van der Waals surface area contributed by atoms with Gasteiger partial charge >= 0.3 is 0 Å². The first-order chi connectivity index (χ1) is 16.3. The van der Waals surface area contributed by atoms with Crippen LogP contribution in [0.1, 0.15) is 84.6 Å². The zero-order valence-corrected chi connectivity index (χ0v) is 21.4. The van der Waals surface area contributed by atoms with Crippen LogP contribution in [0.2, 0.25) is 0 Å². The molecular formula is C30H41N3O. The van der Waals surface area contributed by atoms with Gasteiger partial charge in [0.15, 0.2) is 0 Å². The van der Waals surface area contributed by atoms with Crippen LogP contribution in [0, 0.1) is 34.5 Å². The molecule has 4 nitrogen and oxygen atoms in total. The first kappa shape index (κ1) is 22.5. The van der Waals surface area contributed by atoms with E-state index in [1.54, 1.807) is 5.57 Å². The van der Waals surface area contributed by atoms with Gasteiger partial charge in [0.05, 0.1) is 17.7 Å². The number of aromatic nitrogens is 2. The van der Waals surface area contributed by atoms with Crippen LogP contribution < -0.4 is 5.73 Å². The second-order valence-corrected chi connectivity index (χ2v) is 12.5. The van der Waals surface area contributed by atoms with E-state index >= 15 is 0 Å². The second kappa shape index (κ2) is 8.05. The first-order valence-electron chi connectivity index (χ1n) is 13.7. The maximum Gasteiger partial charge on any atom is 0.220 e. The topological polar surface area (TPSA) is 61.0 Å². The van der Waals surface area contributed by atoms with E-state index in [2.05, 4.69) is 61.9 Å². The van der Waals surface area contributed by atoms with E-state index in [0.717, 1.165) is 34.6 Å². The third kappa shape index (κ3) is 3.43. The molecule has 0 unspecified atom stereocenters. The number of ether oxygens (including phenoxy) is 1. The van der Waals surface area contributed by atoms with Gasteiger partial charge in [-0.3, -0.25) is 0 Å². The minimum atomic E-state index is 0.282. The summed E-state index contributed by atoms with van der Waals surface area (Å²) in [6.45, 7) is 9.60. The summed E-state index contributed by atoms with van der Waals surface area (Å²) in [5.41, 5.74) is 10.4. The molecule has 0 amide bonds. The van der Waals surface area contributed by atoms with Gasteiger partial charge in [-0.25, -0.2) is 9.97 Å². The minimum absolute atomic E-state index is 0.282. The van der Waals surface area contributed by atoms with Crippen molar-refractivity contribution in [2.75, 3.05) is 5.73 Å². The van der Waals surface area contributed by atoms with Crippen molar-refractivity contribution >= 4 is 22.4 Å². The molecule has 0 radical (unpaired) electrons. The number of nitrogen functional groups attached to an aromatic ring is 1. The lowest BCUT2D eigenvalue weighted by Crippen LogP contribution is -2.53. The summed E-state index contributed by atoms with van der Waals surface area (Å²) < 4.78 is 6.28. The fourth-order valence-electron chi connectivity index (χ4n) is 8.96. The molecule has 34 heavy (non-hydrogen) atoms. The molecule has 0 spiro atoms. The molecule has 0 bridgehead atoms. The molecule has 1 aromatic carbocycles. The van der Waals surface area contributed by atoms with Gasteiger partial charge in [-0.2, -0.15) is 0 Å².